The molecule has 94 valence electrons. The summed E-state index contributed by atoms with van der Waals surface area (Å²) in [6.45, 7) is 1.94. The Bertz CT molecular complexity index is 400. The van der Waals surface area contributed by atoms with Gasteiger partial charge in [-0.05, 0) is 59.3 Å². The second-order valence-corrected chi connectivity index (χ2v) is 5.28. The average molecular weight is 321 g/mol. The van der Waals surface area contributed by atoms with Crippen LogP contribution in [0.4, 0.5) is 0 Å². The molecule has 0 saturated heterocycles. The number of aryl methyl sites for hydroxylation is 2. The molecule has 0 aliphatic heterocycles. The summed E-state index contributed by atoms with van der Waals surface area (Å²) in [7, 11) is 0. The van der Waals surface area contributed by atoms with Crippen LogP contribution in [0, 0.1) is 6.92 Å². The monoisotopic (exact) mass is 319 g/mol. The molecule has 0 aliphatic rings. The minimum absolute atomic E-state index is 0.481. The van der Waals surface area contributed by atoms with Gasteiger partial charge in [-0.25, -0.2) is 0 Å². The Morgan fingerprint density at radius 1 is 1.59 bits per heavy atom. The number of carboxylic acid groups (broad SMARTS) is 1. The smallest absolute Gasteiger partial charge is 0.320 e. The molecule has 1 aromatic carbocycles. The molecule has 0 aromatic heterocycles. The Kier molecular flexibility index (Phi) is 5.43. The molecule has 1 rings (SSSR count). The molecule has 1 atom stereocenters. The first-order valence-corrected chi connectivity index (χ1v) is 6.52. The summed E-state index contributed by atoms with van der Waals surface area (Å²) in [4.78, 5) is 10.5. The van der Waals surface area contributed by atoms with Crippen molar-refractivity contribution in [2.24, 2.45) is 5.73 Å². The lowest BCUT2D eigenvalue weighted by molar-refractivity contribution is -0.138. The number of rotatable bonds is 5. The summed E-state index contributed by atoms with van der Waals surface area (Å²) in [5.41, 5.74) is 7.58. The van der Waals surface area contributed by atoms with E-state index in [0.29, 0.717) is 6.42 Å². The third kappa shape index (κ3) is 4.30. The van der Waals surface area contributed by atoms with E-state index in [2.05, 4.69) is 15.9 Å². The fraction of sp³-hybridized carbons (Fsp3) is 0.417. The lowest BCUT2D eigenvalue weighted by Gasteiger charge is -2.08. The zero-order valence-corrected chi connectivity index (χ0v) is 11.9. The predicted molar refractivity (Wildman–Crippen MR) is 72.4 cm³/mol. The SMILES string of the molecule is Cc1cc(CCCC(N)C(=O)O)cc(Br)c1Cl. The normalized spacial score (nSPS) is 12.5. The van der Waals surface area contributed by atoms with Gasteiger partial charge in [0.05, 0.1) is 5.02 Å². The molecular weight excluding hydrogens is 305 g/mol. The highest BCUT2D eigenvalue weighted by Crippen LogP contribution is 2.28. The zero-order chi connectivity index (χ0) is 13.0. The molecule has 3 nitrogen and oxygen atoms in total. The molecule has 17 heavy (non-hydrogen) atoms. The van der Waals surface area contributed by atoms with Crippen LogP contribution in [0.5, 0.6) is 0 Å². The lowest BCUT2D eigenvalue weighted by atomic mass is 10.0. The van der Waals surface area contributed by atoms with Crippen molar-refractivity contribution in [3.63, 3.8) is 0 Å². The van der Waals surface area contributed by atoms with Crippen molar-refractivity contribution < 1.29 is 9.90 Å². The highest BCUT2D eigenvalue weighted by molar-refractivity contribution is 9.10. The zero-order valence-electron chi connectivity index (χ0n) is 9.54. The van der Waals surface area contributed by atoms with Gasteiger partial charge in [0, 0.05) is 4.47 Å². The van der Waals surface area contributed by atoms with Crippen LogP contribution in [-0.2, 0) is 11.2 Å². The minimum Gasteiger partial charge on any atom is -0.480 e. The van der Waals surface area contributed by atoms with Crippen LogP contribution >= 0.6 is 27.5 Å². The Morgan fingerprint density at radius 2 is 2.24 bits per heavy atom. The number of benzene rings is 1. The van der Waals surface area contributed by atoms with Crippen LogP contribution in [-0.4, -0.2) is 17.1 Å². The first-order valence-electron chi connectivity index (χ1n) is 5.34. The van der Waals surface area contributed by atoms with Crippen molar-refractivity contribution in [2.45, 2.75) is 32.2 Å². The largest absolute Gasteiger partial charge is 0.480 e. The van der Waals surface area contributed by atoms with Crippen molar-refractivity contribution in [1.82, 2.24) is 0 Å². The fourth-order valence-electron chi connectivity index (χ4n) is 1.59. The average Bonchev–Trinajstić information content (AvgIpc) is 2.25. The summed E-state index contributed by atoms with van der Waals surface area (Å²) in [6, 6.07) is 3.20. The molecule has 0 saturated carbocycles. The highest BCUT2D eigenvalue weighted by atomic mass is 79.9. The van der Waals surface area contributed by atoms with Crippen molar-refractivity contribution in [2.75, 3.05) is 0 Å². The van der Waals surface area contributed by atoms with Gasteiger partial charge < -0.3 is 10.8 Å². The summed E-state index contributed by atoms with van der Waals surface area (Å²) in [5, 5.41) is 9.37. The number of hydrogen-bond acceptors (Lipinski definition) is 2. The fourth-order valence-corrected chi connectivity index (χ4v) is 2.31. The van der Waals surface area contributed by atoms with E-state index in [1.165, 1.54) is 0 Å². The van der Waals surface area contributed by atoms with E-state index in [9.17, 15) is 4.79 Å². The van der Waals surface area contributed by atoms with Crippen LogP contribution in [0.15, 0.2) is 16.6 Å². The van der Waals surface area contributed by atoms with Crippen LogP contribution in [0.2, 0.25) is 5.02 Å². The van der Waals surface area contributed by atoms with Crippen molar-refractivity contribution in [3.8, 4) is 0 Å². The molecule has 0 amide bonds. The molecule has 0 aliphatic carbocycles. The Hall–Kier alpha value is -0.580. The summed E-state index contributed by atoms with van der Waals surface area (Å²) >= 11 is 9.42. The molecule has 1 aromatic rings. The molecule has 0 fully saturated rings. The van der Waals surface area contributed by atoms with Gasteiger partial charge >= 0.3 is 5.97 Å². The molecule has 1 unspecified atom stereocenters. The van der Waals surface area contributed by atoms with Gasteiger partial charge in [0.25, 0.3) is 0 Å². The summed E-state index contributed by atoms with van der Waals surface area (Å²) < 4.78 is 0.872. The maximum Gasteiger partial charge on any atom is 0.320 e. The number of carboxylic acids is 1. The van der Waals surface area contributed by atoms with Crippen LogP contribution in [0.3, 0.4) is 0 Å². The molecule has 0 heterocycles. The first kappa shape index (κ1) is 14.5. The van der Waals surface area contributed by atoms with Gasteiger partial charge in [-0.15, -0.1) is 0 Å². The number of aliphatic carboxylic acids is 1. The van der Waals surface area contributed by atoms with E-state index in [4.69, 9.17) is 22.4 Å². The molecule has 3 N–H and O–H groups in total. The second-order valence-electron chi connectivity index (χ2n) is 4.05. The summed E-state index contributed by atoms with van der Waals surface area (Å²) in [6.07, 6.45) is 2.03. The van der Waals surface area contributed by atoms with Crippen molar-refractivity contribution in [3.05, 3.63) is 32.8 Å². The van der Waals surface area contributed by atoms with E-state index >= 15 is 0 Å². The van der Waals surface area contributed by atoms with Gasteiger partial charge in [-0.2, -0.15) is 0 Å². The van der Waals surface area contributed by atoms with E-state index < -0.39 is 12.0 Å². The first-order chi connectivity index (χ1) is 7.91. The van der Waals surface area contributed by atoms with Crippen LogP contribution in [0.25, 0.3) is 0 Å². The van der Waals surface area contributed by atoms with Crippen molar-refractivity contribution >= 4 is 33.5 Å². The Balaban J connectivity index is 2.56. The van der Waals surface area contributed by atoms with Crippen molar-refractivity contribution in [1.29, 1.82) is 0 Å². The van der Waals surface area contributed by atoms with E-state index in [1.54, 1.807) is 0 Å². The summed E-state index contributed by atoms with van der Waals surface area (Å²) in [5.74, 6) is -0.946. The molecule has 0 radical (unpaired) electrons. The number of halogens is 2. The Morgan fingerprint density at radius 3 is 2.76 bits per heavy atom. The quantitative estimate of drug-likeness (QED) is 0.876. The van der Waals surface area contributed by atoms with E-state index in [0.717, 1.165) is 33.5 Å². The van der Waals surface area contributed by atoms with Gasteiger partial charge in [0.1, 0.15) is 6.04 Å². The molecular formula is C12H15BrClNO2. The molecule has 0 bridgehead atoms. The van der Waals surface area contributed by atoms with Gasteiger partial charge in [-0.3, -0.25) is 4.79 Å². The topological polar surface area (TPSA) is 63.3 Å². The third-order valence-corrected chi connectivity index (χ3v) is 3.92. The third-order valence-electron chi connectivity index (χ3n) is 2.57. The molecule has 5 heteroatoms. The standard InChI is InChI=1S/C12H15BrClNO2/c1-7-5-8(6-9(13)11(7)14)3-2-4-10(15)12(16)17/h5-6,10H,2-4,15H2,1H3,(H,16,17). The Labute approximate surface area is 114 Å². The maximum atomic E-state index is 10.5. The second kappa shape index (κ2) is 6.38. The number of nitrogens with two attached hydrogens (primary N) is 1. The van der Waals surface area contributed by atoms with Crippen LogP contribution in [0.1, 0.15) is 24.0 Å². The van der Waals surface area contributed by atoms with Gasteiger partial charge in [0.15, 0.2) is 0 Å². The number of carbonyl (C=O) groups is 1. The minimum atomic E-state index is -0.946. The van der Waals surface area contributed by atoms with Crippen LogP contribution < -0.4 is 5.73 Å². The number of hydrogen-bond donors (Lipinski definition) is 2. The predicted octanol–water partition coefficient (Wildman–Crippen LogP) is 3.15. The van der Waals surface area contributed by atoms with Gasteiger partial charge in [-0.1, -0.05) is 17.7 Å². The highest BCUT2D eigenvalue weighted by Gasteiger charge is 2.11. The molecule has 0 spiro atoms. The van der Waals surface area contributed by atoms with E-state index in [1.807, 2.05) is 19.1 Å². The van der Waals surface area contributed by atoms with E-state index in [-0.39, 0.29) is 0 Å². The lowest BCUT2D eigenvalue weighted by Crippen LogP contribution is -2.29. The van der Waals surface area contributed by atoms with Gasteiger partial charge in [0.2, 0.25) is 0 Å². The maximum absolute atomic E-state index is 10.5.